The minimum absolute atomic E-state index is 0.150. The van der Waals surface area contributed by atoms with Crippen molar-refractivity contribution in [2.24, 2.45) is 5.10 Å². The lowest BCUT2D eigenvalue weighted by Gasteiger charge is -2.06. The summed E-state index contributed by atoms with van der Waals surface area (Å²) >= 11 is 19.0. The molecule has 1 aliphatic rings. The maximum atomic E-state index is 11.7. The number of nitrogens with zero attached hydrogens (tertiary/aromatic N) is 4. The molecule has 1 saturated heterocycles. The van der Waals surface area contributed by atoms with Crippen LogP contribution in [0.2, 0.25) is 10.2 Å². The monoisotopic (exact) mass is 384 g/mol. The third-order valence-corrected chi connectivity index (χ3v) is 5.18. The minimum Gasteiger partial charge on any atom is -0.272 e. The number of aromatic nitrogens is 2. The molecule has 1 aromatic heterocycles. The predicted octanol–water partition coefficient (Wildman–Crippen LogP) is 3.68. The van der Waals surface area contributed by atoms with E-state index in [2.05, 4.69) is 10.2 Å². The van der Waals surface area contributed by atoms with Crippen molar-refractivity contribution in [3.63, 3.8) is 0 Å². The highest BCUT2D eigenvalue weighted by Gasteiger charge is 2.26. The first-order chi connectivity index (χ1) is 11.0. The van der Waals surface area contributed by atoms with Gasteiger partial charge in [0.2, 0.25) is 0 Å². The molecule has 0 bridgehead atoms. The first-order valence-corrected chi connectivity index (χ1v) is 8.67. The maximum absolute atomic E-state index is 11.7. The number of benzene rings is 1. The van der Waals surface area contributed by atoms with E-state index in [9.17, 15) is 4.79 Å². The zero-order chi connectivity index (χ0) is 16.6. The van der Waals surface area contributed by atoms with Crippen LogP contribution in [0.15, 0.2) is 29.4 Å². The molecule has 2 heterocycles. The molecule has 0 unspecified atom stereocenters. The van der Waals surface area contributed by atoms with Crippen LogP contribution in [0.25, 0.3) is 5.69 Å². The van der Waals surface area contributed by atoms with Gasteiger partial charge in [-0.25, -0.2) is 4.68 Å². The molecular weight excluding hydrogens is 375 g/mol. The molecule has 0 radical (unpaired) electrons. The second kappa shape index (κ2) is 6.60. The number of carbonyl (C=O) groups excluding carboxylic acids is 1. The highest BCUT2D eigenvalue weighted by molar-refractivity contribution is 8.23. The summed E-state index contributed by atoms with van der Waals surface area (Å²) < 4.78 is 1.97. The van der Waals surface area contributed by atoms with Gasteiger partial charge in [0.25, 0.3) is 5.91 Å². The third-order valence-electron chi connectivity index (χ3n) is 3.16. The molecule has 9 heteroatoms. The number of thioether (sulfide) groups is 1. The van der Waals surface area contributed by atoms with Gasteiger partial charge in [0.05, 0.1) is 33.9 Å². The second-order valence-electron chi connectivity index (χ2n) is 4.66. The van der Waals surface area contributed by atoms with Crippen LogP contribution in [0, 0.1) is 6.92 Å². The first-order valence-electron chi connectivity index (χ1n) is 6.52. The Morgan fingerprint density at radius 3 is 2.78 bits per heavy atom. The maximum Gasteiger partial charge on any atom is 0.259 e. The van der Waals surface area contributed by atoms with Crippen LogP contribution < -0.4 is 0 Å². The van der Waals surface area contributed by atoms with Gasteiger partial charge in [-0.1, -0.05) is 59.3 Å². The van der Waals surface area contributed by atoms with Gasteiger partial charge >= 0.3 is 0 Å². The number of hydrogen-bond donors (Lipinski definition) is 0. The van der Waals surface area contributed by atoms with Crippen LogP contribution >= 0.6 is 47.2 Å². The molecule has 0 aliphatic carbocycles. The van der Waals surface area contributed by atoms with Crippen molar-refractivity contribution in [2.75, 3.05) is 5.75 Å². The Labute approximate surface area is 152 Å². The second-order valence-corrected chi connectivity index (χ2v) is 7.03. The Morgan fingerprint density at radius 1 is 1.39 bits per heavy atom. The van der Waals surface area contributed by atoms with Crippen molar-refractivity contribution in [2.45, 2.75) is 6.92 Å². The van der Waals surface area contributed by atoms with Gasteiger partial charge in [-0.05, 0) is 19.1 Å². The van der Waals surface area contributed by atoms with Crippen LogP contribution in [0.4, 0.5) is 0 Å². The van der Waals surface area contributed by atoms with Crippen LogP contribution in [0.3, 0.4) is 0 Å². The zero-order valence-corrected chi connectivity index (χ0v) is 15.0. The van der Waals surface area contributed by atoms with Crippen molar-refractivity contribution < 1.29 is 4.79 Å². The normalized spacial score (nSPS) is 15.2. The molecule has 0 atom stereocenters. The molecular formula is C14H10Cl2N4OS2. The molecule has 118 valence electrons. The van der Waals surface area contributed by atoms with Crippen LogP contribution in [0.1, 0.15) is 11.3 Å². The number of hydrazone groups is 1. The van der Waals surface area contributed by atoms with Gasteiger partial charge in [0.15, 0.2) is 4.32 Å². The molecule has 1 fully saturated rings. The molecule has 1 amide bonds. The highest BCUT2D eigenvalue weighted by atomic mass is 35.5. The molecule has 3 rings (SSSR count). The minimum atomic E-state index is -0.150. The van der Waals surface area contributed by atoms with Crippen molar-refractivity contribution in [3.05, 3.63) is 45.7 Å². The van der Waals surface area contributed by atoms with Gasteiger partial charge in [0, 0.05) is 0 Å². The quantitative estimate of drug-likeness (QED) is 0.598. The molecule has 0 spiro atoms. The van der Waals surface area contributed by atoms with Crippen molar-refractivity contribution >= 4 is 63.6 Å². The van der Waals surface area contributed by atoms with E-state index < -0.39 is 0 Å². The number of hydrogen-bond acceptors (Lipinski definition) is 5. The van der Waals surface area contributed by atoms with Crippen molar-refractivity contribution in [3.8, 4) is 5.69 Å². The summed E-state index contributed by atoms with van der Waals surface area (Å²) in [5, 5.41) is 10.6. The van der Waals surface area contributed by atoms with Gasteiger partial charge in [-0.15, -0.1) is 0 Å². The lowest BCUT2D eigenvalue weighted by atomic mass is 10.3. The summed E-state index contributed by atoms with van der Waals surface area (Å²) in [7, 11) is 0. The van der Waals surface area contributed by atoms with E-state index in [1.807, 2.05) is 18.2 Å². The Hall–Kier alpha value is -1.41. The van der Waals surface area contributed by atoms with E-state index >= 15 is 0 Å². The summed E-state index contributed by atoms with van der Waals surface area (Å²) in [6.45, 7) is 1.81. The molecule has 1 aliphatic heterocycles. The van der Waals surface area contributed by atoms with E-state index in [1.54, 1.807) is 17.7 Å². The molecule has 1 aromatic carbocycles. The van der Waals surface area contributed by atoms with Crippen LogP contribution in [-0.2, 0) is 4.79 Å². The lowest BCUT2D eigenvalue weighted by Crippen LogP contribution is -2.22. The fourth-order valence-corrected chi connectivity index (χ4v) is 3.51. The number of carbonyl (C=O) groups is 1. The highest BCUT2D eigenvalue weighted by Crippen LogP contribution is 2.27. The fraction of sp³-hybridized carbons (Fsp3) is 0.143. The van der Waals surface area contributed by atoms with Crippen molar-refractivity contribution in [1.82, 2.24) is 14.8 Å². The van der Waals surface area contributed by atoms with Crippen molar-refractivity contribution in [1.29, 1.82) is 0 Å². The lowest BCUT2D eigenvalue weighted by molar-refractivity contribution is -0.123. The van der Waals surface area contributed by atoms with E-state index in [1.165, 1.54) is 23.0 Å². The smallest absolute Gasteiger partial charge is 0.259 e. The summed E-state index contributed by atoms with van der Waals surface area (Å²) in [6.07, 6.45) is 1.49. The number of para-hydroxylation sites is 1. The molecule has 0 N–H and O–H groups in total. The topological polar surface area (TPSA) is 50.5 Å². The standard InChI is InChI=1S/C14H10Cl2N4OS2/c1-8-9(6-17-20-12(21)7-23-14(20)22)13(16)19(18-8)11-5-3-2-4-10(11)15/h2-6H,7H2,1H3. The first kappa shape index (κ1) is 16.4. The van der Waals surface area contributed by atoms with Crippen LogP contribution in [-0.4, -0.2) is 37.0 Å². The summed E-state index contributed by atoms with van der Waals surface area (Å²) in [5.41, 5.74) is 1.95. The number of aryl methyl sites for hydroxylation is 1. The summed E-state index contributed by atoms with van der Waals surface area (Å²) in [6, 6.07) is 7.25. The predicted molar refractivity (Wildman–Crippen MR) is 97.8 cm³/mol. The van der Waals surface area contributed by atoms with Crippen LogP contribution in [0.5, 0.6) is 0 Å². The largest absolute Gasteiger partial charge is 0.272 e. The zero-order valence-electron chi connectivity index (χ0n) is 11.9. The number of halogens is 2. The average Bonchev–Trinajstić information content (AvgIpc) is 2.98. The van der Waals surface area contributed by atoms with E-state index in [0.29, 0.717) is 37.2 Å². The Balaban J connectivity index is 1.97. The van der Waals surface area contributed by atoms with E-state index in [0.717, 1.165) is 0 Å². The van der Waals surface area contributed by atoms with Gasteiger partial charge < -0.3 is 0 Å². The Kier molecular flexibility index (Phi) is 4.72. The summed E-state index contributed by atoms with van der Waals surface area (Å²) in [4.78, 5) is 11.7. The van der Waals surface area contributed by atoms with Gasteiger partial charge in [-0.3, -0.25) is 4.79 Å². The number of thiocarbonyl (C=S) groups is 1. The molecule has 5 nitrogen and oxygen atoms in total. The van der Waals surface area contributed by atoms with E-state index in [-0.39, 0.29) is 5.91 Å². The summed E-state index contributed by atoms with van der Waals surface area (Å²) in [5.74, 6) is 0.158. The SMILES string of the molecule is Cc1nn(-c2ccccc2Cl)c(Cl)c1C=NN1C(=O)CSC1=S. The number of amides is 1. The molecule has 23 heavy (non-hydrogen) atoms. The molecule has 2 aromatic rings. The number of rotatable bonds is 3. The van der Waals surface area contributed by atoms with E-state index in [4.69, 9.17) is 35.4 Å². The Morgan fingerprint density at radius 2 is 2.13 bits per heavy atom. The average molecular weight is 385 g/mol. The Bertz CT molecular complexity index is 818. The molecule has 0 saturated carbocycles. The van der Waals surface area contributed by atoms with Gasteiger partial charge in [-0.2, -0.15) is 15.2 Å². The van der Waals surface area contributed by atoms with Gasteiger partial charge in [0.1, 0.15) is 5.15 Å². The third kappa shape index (κ3) is 3.14. The fourth-order valence-electron chi connectivity index (χ4n) is 2.02.